The van der Waals surface area contributed by atoms with Gasteiger partial charge in [-0.1, -0.05) is 37.8 Å². The minimum Gasteiger partial charge on any atom is -0.857 e. The number of nitrogens with two attached hydrogens (primary N) is 3. The lowest BCUT2D eigenvalue weighted by Crippen LogP contribution is -2.30. The molecule has 0 aliphatic rings. The number of aromatic amines is 2. The predicted molar refractivity (Wildman–Crippen MR) is 173 cm³/mol. The van der Waals surface area contributed by atoms with Crippen molar-refractivity contribution in [2.24, 2.45) is 0 Å². The fourth-order valence-electron chi connectivity index (χ4n) is 3.41. The van der Waals surface area contributed by atoms with E-state index in [9.17, 15) is 39.6 Å². The second-order valence-corrected chi connectivity index (χ2v) is 7.60. The van der Waals surface area contributed by atoms with Crippen LogP contribution in [0, 0.1) is 9.93 Å². The van der Waals surface area contributed by atoms with E-state index in [1.165, 1.54) is 18.2 Å². The third-order valence-corrected chi connectivity index (χ3v) is 5.15. The highest BCUT2D eigenvalue weighted by molar-refractivity contribution is 15.0. The molecule has 0 saturated carbocycles. The van der Waals surface area contributed by atoms with Crippen LogP contribution >= 0.6 is 37.2 Å². The lowest BCUT2D eigenvalue weighted by molar-refractivity contribution is -0.282. The highest BCUT2D eigenvalue weighted by Crippen LogP contribution is 2.28. The Morgan fingerprint density at radius 1 is 0.659 bits per heavy atom. The molecule has 0 aliphatic carbocycles. The number of aromatic carboxylic acids is 2. The number of hydrogen-bond donors (Lipinski definition) is 5. The summed E-state index contributed by atoms with van der Waals surface area (Å²) in [4.78, 5) is 57.3. The molecular weight excluding hydrogens is 812 g/mol. The number of hydrogen-bond acceptors (Lipinski definition) is 15. The molecule has 8 N–H and O–H groups in total. The molecule has 44 heavy (non-hydrogen) atoms. The van der Waals surface area contributed by atoms with Crippen LogP contribution in [0.3, 0.4) is 0 Å². The fourth-order valence-corrected chi connectivity index (χ4v) is 3.41. The number of carbonyl (C=O) groups is 2. The molecule has 17 nitrogen and oxygen atoms in total. The molecule has 0 unspecified atom stereocenters. The molecule has 0 fully saturated rings. The van der Waals surface area contributed by atoms with Gasteiger partial charge in [0, 0.05) is 92.5 Å². The summed E-state index contributed by atoms with van der Waals surface area (Å²) >= 11 is 4.24. The number of nitrogens with zero attached hydrogens (tertiary/aromatic N) is 2. The van der Waals surface area contributed by atoms with E-state index in [4.69, 9.17) is 27.1 Å². The van der Waals surface area contributed by atoms with Crippen molar-refractivity contribution in [1.82, 2.24) is 20.4 Å². The number of carboxylic acids is 2. The number of halogens is 2. The Morgan fingerprint density at radius 3 is 1.59 bits per heavy atom. The Morgan fingerprint density at radius 2 is 1.11 bits per heavy atom. The SMILES string of the molecule is C.II.Nc1cccc(C(=O)[O-])c1C(=O)[O-].Nc1cccc2c(=O)[nH][nH]c(=O)c12.Nc1cccc2c([O-])nnc([O-])c12.O=O. The van der Waals surface area contributed by atoms with Gasteiger partial charge in [-0.05, 0) is 29.7 Å². The summed E-state index contributed by atoms with van der Waals surface area (Å²) < 4.78 is 0. The monoisotopic (exact) mass is 833 g/mol. The third-order valence-electron chi connectivity index (χ3n) is 5.15. The van der Waals surface area contributed by atoms with Crippen molar-refractivity contribution >= 4 is 87.8 Å². The average Bonchev–Trinajstić information content (AvgIpc) is 2.99. The molecule has 0 aliphatic heterocycles. The van der Waals surface area contributed by atoms with Gasteiger partial charge in [-0.3, -0.25) is 19.8 Å². The fraction of sp³-hybridized carbons (Fsp3) is 0.0400. The van der Waals surface area contributed by atoms with Crippen molar-refractivity contribution in [2.75, 3.05) is 17.2 Å². The largest absolute Gasteiger partial charge is 0.857 e. The second kappa shape index (κ2) is 18.5. The van der Waals surface area contributed by atoms with Crippen LogP contribution in [0.15, 0.2) is 64.2 Å². The number of carboxylic acid groups (broad SMARTS) is 2. The van der Waals surface area contributed by atoms with Crippen LogP contribution in [0.4, 0.5) is 17.1 Å². The van der Waals surface area contributed by atoms with Gasteiger partial charge in [0.15, 0.2) is 0 Å². The molecule has 0 saturated heterocycles. The maximum Gasteiger partial charge on any atom is 0.272 e. The first kappa shape index (κ1) is 38.9. The van der Waals surface area contributed by atoms with Gasteiger partial charge in [0.1, 0.15) is 0 Å². The molecule has 0 spiro atoms. The normalized spacial score (nSPS) is 9.23. The summed E-state index contributed by atoms with van der Waals surface area (Å²) in [6.45, 7) is 0. The third kappa shape index (κ3) is 9.48. The van der Waals surface area contributed by atoms with Gasteiger partial charge in [-0.2, -0.15) is 10.2 Å². The zero-order chi connectivity index (χ0) is 32.9. The molecule has 19 heteroatoms. The van der Waals surface area contributed by atoms with Crippen molar-refractivity contribution in [3.05, 3.63) is 96.4 Å². The van der Waals surface area contributed by atoms with Gasteiger partial charge in [0.2, 0.25) is 0 Å². The van der Waals surface area contributed by atoms with Crippen molar-refractivity contribution in [2.45, 2.75) is 7.43 Å². The number of benzene rings is 3. The number of fused-ring (bicyclic) bond motifs is 2. The van der Waals surface area contributed by atoms with Crippen LogP contribution in [0.25, 0.3) is 21.5 Å². The summed E-state index contributed by atoms with van der Waals surface area (Å²) in [6, 6.07) is 13.1. The zero-order valence-electron chi connectivity index (χ0n) is 21.2. The Hall–Kier alpha value is -5.06. The van der Waals surface area contributed by atoms with E-state index in [0.29, 0.717) is 11.1 Å². The maximum atomic E-state index is 11.2. The number of nitrogens with one attached hydrogen (secondary N) is 2. The standard InChI is InChI=1S/2C8H7N3O2.C8H7NO4.CH4.I2.O2/c2*9-5-3-1-2-4-6(5)8(13)11-10-7(4)12;9-5-3-1-2-4(7(10)11)6(5)8(12)13;;2*1-2/h2*1-3H,9H2,(H,10,12)(H,11,13);1-3H,9H2,(H,10,11)(H,12,13);1H4;;/p-4. The molecule has 0 amide bonds. The van der Waals surface area contributed by atoms with Crippen LogP contribution in [0.1, 0.15) is 28.1 Å². The highest BCUT2D eigenvalue weighted by Gasteiger charge is 2.07. The summed E-state index contributed by atoms with van der Waals surface area (Å²) in [7, 11) is 0. The average molecular weight is 833 g/mol. The molecule has 5 rings (SSSR count). The molecular formula is C25H21I2N7O10-4. The molecule has 5 aromatic rings. The first-order valence-electron chi connectivity index (χ1n) is 10.9. The number of aromatic nitrogens is 4. The number of anilines is 3. The van der Waals surface area contributed by atoms with E-state index in [0.717, 1.165) is 6.07 Å². The summed E-state index contributed by atoms with van der Waals surface area (Å²) in [5, 5.41) is 54.9. The Bertz CT molecular complexity index is 1860. The number of carbonyl (C=O) groups excluding carboxylic acids is 2. The number of H-pyrrole nitrogens is 2. The van der Waals surface area contributed by atoms with Gasteiger partial charge in [-0.15, -0.1) is 0 Å². The maximum absolute atomic E-state index is 11.2. The summed E-state index contributed by atoms with van der Waals surface area (Å²) in [6.07, 6.45) is 0. The van der Waals surface area contributed by atoms with E-state index in [1.54, 1.807) is 30.3 Å². The first-order valence-corrected chi connectivity index (χ1v) is 17.2. The van der Waals surface area contributed by atoms with Crippen molar-refractivity contribution < 1.29 is 30.0 Å². The molecule has 3 aromatic carbocycles. The highest BCUT2D eigenvalue weighted by atomic mass is 128. The molecule has 2 heterocycles. The molecule has 0 radical (unpaired) electrons. The Labute approximate surface area is 269 Å². The zero-order valence-corrected chi connectivity index (χ0v) is 25.5. The van der Waals surface area contributed by atoms with Crippen LogP contribution in [0.2, 0.25) is 0 Å². The molecule has 0 atom stereocenters. The second-order valence-electron chi connectivity index (χ2n) is 7.60. The van der Waals surface area contributed by atoms with Gasteiger partial charge >= 0.3 is 0 Å². The van der Waals surface area contributed by atoms with Gasteiger partial charge < -0.3 is 47.2 Å². The Kier molecular flexibility index (Phi) is 16.3. The predicted octanol–water partition coefficient (Wildman–Crippen LogP) is -0.372. The molecule has 0 bridgehead atoms. The van der Waals surface area contributed by atoms with E-state index in [-0.39, 0.29) is 46.1 Å². The van der Waals surface area contributed by atoms with Crippen LogP contribution < -0.4 is 48.7 Å². The molecule has 2 aromatic heterocycles. The van der Waals surface area contributed by atoms with Crippen LogP contribution in [-0.2, 0) is 0 Å². The summed E-state index contributed by atoms with van der Waals surface area (Å²) in [5.41, 5.74) is 15.0. The minimum absolute atomic E-state index is 0. The van der Waals surface area contributed by atoms with E-state index >= 15 is 0 Å². The smallest absolute Gasteiger partial charge is 0.272 e. The number of rotatable bonds is 2. The van der Waals surface area contributed by atoms with Crippen LogP contribution in [0.5, 0.6) is 11.8 Å². The van der Waals surface area contributed by atoms with Gasteiger partial charge in [0.25, 0.3) is 11.1 Å². The van der Waals surface area contributed by atoms with Crippen molar-refractivity contribution in [3.8, 4) is 11.8 Å². The van der Waals surface area contributed by atoms with Crippen LogP contribution in [-0.4, -0.2) is 32.3 Å². The topological polar surface area (TPSA) is 330 Å². The molecule has 234 valence electrons. The van der Waals surface area contributed by atoms with Gasteiger partial charge in [-0.25, -0.2) is 0 Å². The minimum atomic E-state index is -1.63. The lowest BCUT2D eigenvalue weighted by Gasteiger charge is -2.14. The first-order chi connectivity index (χ1) is 20.4. The quantitative estimate of drug-likeness (QED) is 0.112. The number of nitrogen functional groups attached to an aromatic ring is 3. The summed E-state index contributed by atoms with van der Waals surface area (Å²) in [5.74, 6) is -4.31. The van der Waals surface area contributed by atoms with E-state index in [2.05, 4.69) is 57.6 Å². The van der Waals surface area contributed by atoms with E-state index < -0.39 is 34.8 Å². The van der Waals surface area contributed by atoms with Gasteiger partial charge in [0.05, 0.1) is 22.7 Å². The van der Waals surface area contributed by atoms with E-state index in [1.807, 2.05) is 0 Å². The van der Waals surface area contributed by atoms with Crippen molar-refractivity contribution in [3.63, 3.8) is 0 Å². The lowest BCUT2D eigenvalue weighted by atomic mass is 10.1. The Balaban J connectivity index is 0.000000589. The van der Waals surface area contributed by atoms with Crippen molar-refractivity contribution in [1.29, 1.82) is 0 Å².